The zero-order valence-corrected chi connectivity index (χ0v) is 15.1. The van der Waals surface area contributed by atoms with Crippen LogP contribution in [0.4, 0.5) is 0 Å². The Bertz CT molecular complexity index is 687. The van der Waals surface area contributed by atoms with E-state index < -0.39 is 0 Å². The molecular weight excluding hydrogens is 308 g/mol. The first-order chi connectivity index (χ1) is 12.3. The fourth-order valence-electron chi connectivity index (χ4n) is 4.31. The molecule has 0 bridgehead atoms. The van der Waals surface area contributed by atoms with Crippen LogP contribution < -0.4 is 4.74 Å². The molecule has 0 aliphatic carbocycles. The van der Waals surface area contributed by atoms with Crippen molar-refractivity contribution in [1.82, 2.24) is 9.80 Å². The Morgan fingerprint density at radius 3 is 2.68 bits per heavy atom. The van der Waals surface area contributed by atoms with Gasteiger partial charge < -0.3 is 4.74 Å². The smallest absolute Gasteiger partial charge is 0.120 e. The maximum Gasteiger partial charge on any atom is 0.120 e. The quantitative estimate of drug-likeness (QED) is 0.823. The van der Waals surface area contributed by atoms with Crippen molar-refractivity contribution in [1.29, 1.82) is 0 Å². The fourth-order valence-corrected chi connectivity index (χ4v) is 4.31. The summed E-state index contributed by atoms with van der Waals surface area (Å²) < 4.78 is 5.99. The number of hydrogen-bond acceptors (Lipinski definition) is 3. The Balaban J connectivity index is 1.38. The molecule has 2 atom stereocenters. The van der Waals surface area contributed by atoms with Gasteiger partial charge in [-0.15, -0.1) is 0 Å². The van der Waals surface area contributed by atoms with Gasteiger partial charge in [0.1, 0.15) is 12.4 Å². The van der Waals surface area contributed by atoms with Crippen LogP contribution in [0.5, 0.6) is 5.75 Å². The topological polar surface area (TPSA) is 15.7 Å². The molecule has 2 aliphatic heterocycles. The van der Waals surface area contributed by atoms with Gasteiger partial charge in [0.25, 0.3) is 0 Å². The number of benzene rings is 2. The lowest BCUT2D eigenvalue weighted by Gasteiger charge is -2.43. The minimum Gasteiger partial charge on any atom is -0.489 e. The Labute approximate surface area is 151 Å². The molecule has 2 aliphatic rings. The highest BCUT2D eigenvalue weighted by Crippen LogP contribution is 2.28. The van der Waals surface area contributed by atoms with Gasteiger partial charge in [-0.25, -0.2) is 0 Å². The molecule has 0 aromatic heterocycles. The third kappa shape index (κ3) is 3.88. The van der Waals surface area contributed by atoms with Gasteiger partial charge >= 0.3 is 0 Å². The van der Waals surface area contributed by atoms with E-state index in [0.29, 0.717) is 12.6 Å². The molecule has 25 heavy (non-hydrogen) atoms. The molecule has 2 saturated heterocycles. The summed E-state index contributed by atoms with van der Waals surface area (Å²) in [5, 5.41) is 0. The molecular formula is C22H28N2O. The van der Waals surface area contributed by atoms with Gasteiger partial charge in [0.15, 0.2) is 0 Å². The van der Waals surface area contributed by atoms with Crippen LogP contribution in [0, 0.1) is 0 Å². The Kier molecular flexibility index (Phi) is 5.04. The van der Waals surface area contributed by atoms with E-state index in [9.17, 15) is 0 Å². The summed E-state index contributed by atoms with van der Waals surface area (Å²) in [4.78, 5) is 5.32. The molecule has 132 valence electrons. The van der Waals surface area contributed by atoms with Crippen molar-refractivity contribution in [3.05, 3.63) is 65.7 Å². The van der Waals surface area contributed by atoms with Crippen LogP contribution >= 0.6 is 0 Å². The lowest BCUT2D eigenvalue weighted by molar-refractivity contribution is 0.0470. The molecule has 2 heterocycles. The van der Waals surface area contributed by atoms with E-state index in [1.165, 1.54) is 43.6 Å². The van der Waals surface area contributed by atoms with Gasteiger partial charge in [-0.1, -0.05) is 42.5 Å². The van der Waals surface area contributed by atoms with E-state index in [-0.39, 0.29) is 0 Å². The minimum absolute atomic E-state index is 0.626. The number of fused-ring (bicyclic) bond motifs is 1. The molecule has 4 rings (SSSR count). The molecule has 3 nitrogen and oxygen atoms in total. The van der Waals surface area contributed by atoms with Crippen molar-refractivity contribution in [2.45, 2.75) is 45.0 Å². The van der Waals surface area contributed by atoms with Gasteiger partial charge in [0.05, 0.1) is 0 Å². The average Bonchev–Trinajstić information content (AvgIpc) is 3.13. The highest BCUT2D eigenvalue weighted by atomic mass is 16.5. The molecule has 2 aromatic rings. The van der Waals surface area contributed by atoms with E-state index in [0.717, 1.165) is 18.3 Å². The van der Waals surface area contributed by atoms with Crippen LogP contribution in [0.3, 0.4) is 0 Å². The van der Waals surface area contributed by atoms with Crippen molar-refractivity contribution in [3.63, 3.8) is 0 Å². The standard InChI is InChI=1S/C22H28N2O/c1-18-22-11-6-12-23(22)13-14-24(18)16-20-9-5-10-21(15-20)25-17-19-7-3-2-4-8-19/h2-5,7-10,15,18,22H,6,11-14,16-17H2,1H3/t18-,22+/m0/s1. The van der Waals surface area contributed by atoms with Crippen molar-refractivity contribution in [3.8, 4) is 5.75 Å². The van der Waals surface area contributed by atoms with E-state index in [1.54, 1.807) is 0 Å². The van der Waals surface area contributed by atoms with Crippen molar-refractivity contribution < 1.29 is 4.74 Å². The average molecular weight is 336 g/mol. The SMILES string of the molecule is C[C@H]1[C@H]2CCCN2CCN1Cc1cccc(OCc2ccccc2)c1. The summed E-state index contributed by atoms with van der Waals surface area (Å²) in [5.74, 6) is 0.966. The van der Waals surface area contributed by atoms with Crippen LogP contribution in [0.25, 0.3) is 0 Å². The maximum absolute atomic E-state index is 5.99. The summed E-state index contributed by atoms with van der Waals surface area (Å²) in [6.07, 6.45) is 2.73. The molecule has 0 spiro atoms. The predicted octanol–water partition coefficient (Wildman–Crippen LogP) is 3.93. The second-order valence-electron chi connectivity index (χ2n) is 7.38. The van der Waals surface area contributed by atoms with Crippen LogP contribution in [-0.4, -0.2) is 41.5 Å². The monoisotopic (exact) mass is 336 g/mol. The second kappa shape index (κ2) is 7.59. The summed E-state index contributed by atoms with van der Waals surface area (Å²) in [7, 11) is 0. The lowest BCUT2D eigenvalue weighted by atomic mass is 10.0. The van der Waals surface area contributed by atoms with Crippen molar-refractivity contribution in [2.75, 3.05) is 19.6 Å². The van der Waals surface area contributed by atoms with Crippen LogP contribution in [0.2, 0.25) is 0 Å². The van der Waals surface area contributed by atoms with E-state index in [2.05, 4.69) is 65.3 Å². The van der Waals surface area contributed by atoms with Crippen molar-refractivity contribution in [2.24, 2.45) is 0 Å². The molecule has 0 saturated carbocycles. The fraction of sp³-hybridized carbons (Fsp3) is 0.455. The van der Waals surface area contributed by atoms with Crippen LogP contribution in [-0.2, 0) is 13.2 Å². The van der Waals surface area contributed by atoms with E-state index in [1.807, 2.05) is 6.07 Å². The summed E-state index contributed by atoms with van der Waals surface area (Å²) in [6.45, 7) is 7.74. The molecule has 2 aromatic carbocycles. The normalized spacial score (nSPS) is 24.2. The maximum atomic E-state index is 5.99. The highest BCUT2D eigenvalue weighted by molar-refractivity contribution is 5.29. The zero-order chi connectivity index (χ0) is 17.1. The number of piperazine rings is 1. The largest absolute Gasteiger partial charge is 0.489 e. The highest BCUT2D eigenvalue weighted by Gasteiger charge is 2.36. The van der Waals surface area contributed by atoms with Gasteiger partial charge in [-0.3, -0.25) is 9.80 Å². The Morgan fingerprint density at radius 1 is 0.960 bits per heavy atom. The number of ether oxygens (including phenoxy) is 1. The van der Waals surface area contributed by atoms with Crippen LogP contribution in [0.15, 0.2) is 54.6 Å². The summed E-state index contributed by atoms with van der Waals surface area (Å²) in [5.41, 5.74) is 2.56. The predicted molar refractivity (Wildman–Crippen MR) is 102 cm³/mol. The third-order valence-electron chi connectivity index (χ3n) is 5.75. The van der Waals surface area contributed by atoms with E-state index >= 15 is 0 Å². The molecule has 0 N–H and O–H groups in total. The number of rotatable bonds is 5. The first-order valence-corrected chi connectivity index (χ1v) is 9.53. The number of nitrogens with zero attached hydrogens (tertiary/aromatic N) is 2. The van der Waals surface area contributed by atoms with Crippen molar-refractivity contribution >= 4 is 0 Å². The number of hydrogen-bond donors (Lipinski definition) is 0. The molecule has 2 fully saturated rings. The van der Waals surface area contributed by atoms with Gasteiger partial charge in [0, 0.05) is 31.7 Å². The Morgan fingerprint density at radius 2 is 1.80 bits per heavy atom. The molecule has 0 unspecified atom stereocenters. The van der Waals surface area contributed by atoms with Gasteiger partial charge in [0.2, 0.25) is 0 Å². The lowest BCUT2D eigenvalue weighted by Crippen LogP contribution is -2.55. The molecule has 0 radical (unpaired) electrons. The Hall–Kier alpha value is -1.84. The second-order valence-corrected chi connectivity index (χ2v) is 7.38. The minimum atomic E-state index is 0.626. The van der Waals surface area contributed by atoms with E-state index in [4.69, 9.17) is 4.74 Å². The van der Waals surface area contributed by atoms with Gasteiger partial charge in [-0.05, 0) is 49.6 Å². The first-order valence-electron chi connectivity index (χ1n) is 9.53. The van der Waals surface area contributed by atoms with Gasteiger partial charge in [-0.2, -0.15) is 0 Å². The van der Waals surface area contributed by atoms with Crippen LogP contribution in [0.1, 0.15) is 30.9 Å². The summed E-state index contributed by atoms with van der Waals surface area (Å²) in [6, 6.07) is 20.4. The molecule has 0 amide bonds. The third-order valence-corrected chi connectivity index (χ3v) is 5.75. The zero-order valence-electron chi connectivity index (χ0n) is 15.1. The molecule has 3 heteroatoms. The summed E-state index contributed by atoms with van der Waals surface area (Å²) >= 11 is 0. The first kappa shape index (κ1) is 16.6.